The number of anilines is 1. The zero-order valence-electron chi connectivity index (χ0n) is 9.03. The van der Waals surface area contributed by atoms with Crippen LogP contribution in [0.3, 0.4) is 0 Å². The van der Waals surface area contributed by atoms with Crippen LogP contribution in [0.4, 0.5) is 5.82 Å². The average Bonchev–Trinajstić information content (AvgIpc) is 2.33. The van der Waals surface area contributed by atoms with Crippen LogP contribution >= 0.6 is 34.4 Å². The molecule has 2 heterocycles. The Morgan fingerprint density at radius 3 is 3.00 bits per heavy atom. The maximum Gasteiger partial charge on any atom is 0.142 e. The first-order valence-corrected chi connectivity index (χ1v) is 7.59. The summed E-state index contributed by atoms with van der Waals surface area (Å²) in [5.74, 6) is 3.48. The smallest absolute Gasteiger partial charge is 0.142 e. The van der Waals surface area contributed by atoms with Crippen molar-refractivity contribution >= 4 is 40.2 Å². The summed E-state index contributed by atoms with van der Waals surface area (Å²) in [7, 11) is 0. The summed E-state index contributed by atoms with van der Waals surface area (Å²) in [6.07, 6.45) is 3.41. The van der Waals surface area contributed by atoms with Crippen molar-refractivity contribution in [1.29, 1.82) is 0 Å². The summed E-state index contributed by atoms with van der Waals surface area (Å²) in [6.45, 7) is 4.48. The Kier molecular flexibility index (Phi) is 5.11. The van der Waals surface area contributed by atoms with Gasteiger partial charge in [0.25, 0.3) is 0 Å². The summed E-state index contributed by atoms with van der Waals surface area (Å²) in [5.41, 5.74) is 0. The van der Waals surface area contributed by atoms with Crippen LogP contribution in [0.25, 0.3) is 0 Å². The lowest BCUT2D eigenvalue weighted by molar-refractivity contribution is 0.314. The standard InChI is InChI=1S/C10H15IN4S/c11-9-7-12-8-14-10(9)13-1-2-15-3-5-16-6-4-15/h7-8H,1-6H2,(H,12,13,14). The highest BCUT2D eigenvalue weighted by Gasteiger charge is 2.09. The van der Waals surface area contributed by atoms with Crippen LogP contribution in [0.15, 0.2) is 12.5 Å². The lowest BCUT2D eigenvalue weighted by atomic mass is 10.4. The zero-order chi connectivity index (χ0) is 11.2. The first kappa shape index (κ1) is 12.4. The van der Waals surface area contributed by atoms with Crippen molar-refractivity contribution in [3.63, 3.8) is 0 Å². The summed E-state index contributed by atoms with van der Waals surface area (Å²) < 4.78 is 1.08. The lowest BCUT2D eigenvalue weighted by Gasteiger charge is -2.26. The van der Waals surface area contributed by atoms with Gasteiger partial charge in [-0.25, -0.2) is 9.97 Å². The van der Waals surface area contributed by atoms with Gasteiger partial charge in [0.15, 0.2) is 0 Å². The third-order valence-corrected chi connectivity index (χ3v) is 4.22. The molecule has 1 aromatic rings. The van der Waals surface area contributed by atoms with Crippen molar-refractivity contribution in [1.82, 2.24) is 14.9 Å². The highest BCUT2D eigenvalue weighted by Crippen LogP contribution is 2.12. The Morgan fingerprint density at radius 2 is 2.25 bits per heavy atom. The molecule has 0 spiro atoms. The van der Waals surface area contributed by atoms with Crippen molar-refractivity contribution in [2.45, 2.75) is 0 Å². The quantitative estimate of drug-likeness (QED) is 0.835. The Labute approximate surface area is 114 Å². The number of aromatic nitrogens is 2. The third-order valence-electron chi connectivity index (χ3n) is 2.49. The fraction of sp³-hybridized carbons (Fsp3) is 0.600. The van der Waals surface area contributed by atoms with Gasteiger partial charge in [-0.15, -0.1) is 0 Å². The highest BCUT2D eigenvalue weighted by molar-refractivity contribution is 14.1. The molecule has 1 saturated heterocycles. The number of hydrogen-bond donors (Lipinski definition) is 1. The predicted molar refractivity (Wildman–Crippen MR) is 77.0 cm³/mol. The van der Waals surface area contributed by atoms with E-state index in [-0.39, 0.29) is 0 Å². The maximum absolute atomic E-state index is 4.21. The number of halogens is 1. The zero-order valence-corrected chi connectivity index (χ0v) is 12.0. The van der Waals surface area contributed by atoms with Crippen molar-refractivity contribution in [3.8, 4) is 0 Å². The van der Waals surface area contributed by atoms with E-state index in [4.69, 9.17) is 0 Å². The Hall–Kier alpha value is -0.0800. The van der Waals surface area contributed by atoms with Gasteiger partial charge in [-0.3, -0.25) is 4.90 Å². The van der Waals surface area contributed by atoms with Crippen molar-refractivity contribution in [2.24, 2.45) is 0 Å². The first-order valence-electron chi connectivity index (χ1n) is 5.36. The fourth-order valence-corrected chi connectivity index (χ4v) is 3.07. The minimum absolute atomic E-state index is 0.946. The second kappa shape index (κ2) is 6.61. The molecule has 2 rings (SSSR count). The molecular weight excluding hydrogens is 335 g/mol. The lowest BCUT2D eigenvalue weighted by Crippen LogP contribution is -2.36. The molecule has 0 amide bonds. The summed E-state index contributed by atoms with van der Waals surface area (Å²) in [5, 5.41) is 3.35. The van der Waals surface area contributed by atoms with E-state index in [1.807, 2.05) is 18.0 Å². The van der Waals surface area contributed by atoms with E-state index in [0.29, 0.717) is 0 Å². The van der Waals surface area contributed by atoms with Gasteiger partial charge in [-0.2, -0.15) is 11.8 Å². The molecule has 1 fully saturated rings. The van der Waals surface area contributed by atoms with Gasteiger partial charge in [0.05, 0.1) is 3.57 Å². The van der Waals surface area contributed by atoms with E-state index in [9.17, 15) is 0 Å². The van der Waals surface area contributed by atoms with Crippen LogP contribution in [0.5, 0.6) is 0 Å². The number of rotatable bonds is 4. The monoisotopic (exact) mass is 350 g/mol. The summed E-state index contributed by atoms with van der Waals surface area (Å²) in [6, 6.07) is 0. The van der Waals surface area contributed by atoms with Crippen LogP contribution in [-0.2, 0) is 0 Å². The molecule has 0 aromatic carbocycles. The van der Waals surface area contributed by atoms with E-state index >= 15 is 0 Å². The molecule has 0 unspecified atom stereocenters. The number of nitrogens with zero attached hydrogens (tertiary/aromatic N) is 3. The molecule has 0 atom stereocenters. The molecule has 0 bridgehead atoms. The topological polar surface area (TPSA) is 41.1 Å². The fourth-order valence-electron chi connectivity index (χ4n) is 1.60. The normalized spacial score (nSPS) is 17.3. The molecule has 6 heteroatoms. The van der Waals surface area contributed by atoms with E-state index in [1.165, 1.54) is 24.6 Å². The van der Waals surface area contributed by atoms with Gasteiger partial charge in [0.1, 0.15) is 12.1 Å². The number of thioether (sulfide) groups is 1. The molecule has 1 aromatic heterocycles. The molecule has 4 nitrogen and oxygen atoms in total. The second-order valence-corrected chi connectivity index (χ2v) is 5.99. The van der Waals surface area contributed by atoms with E-state index in [1.54, 1.807) is 6.33 Å². The summed E-state index contributed by atoms with van der Waals surface area (Å²) in [4.78, 5) is 10.7. The number of nitrogens with one attached hydrogen (secondary N) is 1. The van der Waals surface area contributed by atoms with Crippen molar-refractivity contribution in [3.05, 3.63) is 16.1 Å². The minimum atomic E-state index is 0.946. The SMILES string of the molecule is Ic1cncnc1NCCN1CCSCC1. The van der Waals surface area contributed by atoms with Gasteiger partial charge in [0, 0.05) is 43.9 Å². The van der Waals surface area contributed by atoms with Crippen molar-refractivity contribution in [2.75, 3.05) is 43.0 Å². The second-order valence-electron chi connectivity index (χ2n) is 3.60. The maximum atomic E-state index is 4.21. The van der Waals surface area contributed by atoms with E-state index < -0.39 is 0 Å². The molecule has 16 heavy (non-hydrogen) atoms. The molecule has 0 radical (unpaired) electrons. The Balaban J connectivity index is 1.73. The highest BCUT2D eigenvalue weighted by atomic mass is 127. The van der Waals surface area contributed by atoms with Crippen LogP contribution in [-0.4, -0.2) is 52.6 Å². The predicted octanol–water partition coefficient (Wildman–Crippen LogP) is 1.54. The van der Waals surface area contributed by atoms with Gasteiger partial charge < -0.3 is 5.32 Å². The molecule has 1 aliphatic heterocycles. The van der Waals surface area contributed by atoms with Gasteiger partial charge in [-0.1, -0.05) is 0 Å². The molecule has 1 aliphatic rings. The van der Waals surface area contributed by atoms with Gasteiger partial charge >= 0.3 is 0 Å². The Bertz CT molecular complexity index is 330. The largest absolute Gasteiger partial charge is 0.368 e. The average molecular weight is 350 g/mol. The molecule has 88 valence electrons. The van der Waals surface area contributed by atoms with E-state index in [2.05, 4.69) is 42.8 Å². The molecule has 0 saturated carbocycles. The van der Waals surface area contributed by atoms with E-state index in [0.717, 1.165) is 22.5 Å². The van der Waals surface area contributed by atoms with Crippen LogP contribution in [0.2, 0.25) is 0 Å². The molecule has 0 aliphatic carbocycles. The summed E-state index contributed by atoms with van der Waals surface area (Å²) >= 11 is 4.30. The number of hydrogen-bond acceptors (Lipinski definition) is 5. The van der Waals surface area contributed by atoms with Gasteiger partial charge in [-0.05, 0) is 22.6 Å². The molecule has 1 N–H and O–H groups in total. The van der Waals surface area contributed by atoms with Gasteiger partial charge in [0.2, 0.25) is 0 Å². The third kappa shape index (κ3) is 3.74. The van der Waals surface area contributed by atoms with Crippen LogP contribution in [0.1, 0.15) is 0 Å². The van der Waals surface area contributed by atoms with Crippen molar-refractivity contribution < 1.29 is 0 Å². The Morgan fingerprint density at radius 1 is 1.44 bits per heavy atom. The first-order chi connectivity index (χ1) is 7.86. The van der Waals surface area contributed by atoms with Crippen LogP contribution in [0, 0.1) is 3.57 Å². The van der Waals surface area contributed by atoms with Crippen LogP contribution < -0.4 is 5.32 Å². The molecular formula is C10H15IN4S. The minimum Gasteiger partial charge on any atom is -0.368 e.